The molecule has 0 saturated heterocycles. The van der Waals surface area contributed by atoms with Crippen molar-refractivity contribution >= 4 is 5.78 Å². The zero-order valence-corrected chi connectivity index (χ0v) is 16.1. The molecule has 6 nitrogen and oxygen atoms in total. The van der Waals surface area contributed by atoms with E-state index in [-0.39, 0.29) is 11.7 Å². The summed E-state index contributed by atoms with van der Waals surface area (Å²) in [7, 11) is 0. The molecule has 0 amide bonds. The van der Waals surface area contributed by atoms with Gasteiger partial charge in [-0.2, -0.15) is 9.50 Å². The number of ether oxygens (including phenoxy) is 1. The van der Waals surface area contributed by atoms with Crippen molar-refractivity contribution in [2.24, 2.45) is 11.3 Å². The molecule has 142 valence electrons. The quantitative estimate of drug-likeness (QED) is 0.762. The molecular weight excluding hydrogens is 340 g/mol. The topological polar surface area (TPSA) is 72.3 Å². The van der Waals surface area contributed by atoms with Crippen molar-refractivity contribution in [3.8, 4) is 11.4 Å². The van der Waals surface area contributed by atoms with Crippen LogP contribution >= 0.6 is 0 Å². The van der Waals surface area contributed by atoms with Gasteiger partial charge in [0.05, 0.1) is 18.4 Å². The average molecular weight is 366 g/mol. The van der Waals surface area contributed by atoms with Crippen LogP contribution in [0.2, 0.25) is 0 Å². The number of benzene rings is 1. The Labute approximate surface area is 158 Å². The highest BCUT2D eigenvalue weighted by molar-refractivity contribution is 5.56. The molecule has 4 rings (SSSR count). The van der Waals surface area contributed by atoms with Crippen LogP contribution in [0, 0.1) is 11.3 Å². The van der Waals surface area contributed by atoms with E-state index in [2.05, 4.69) is 35.8 Å². The standard InChI is InChI=1S/C21H26N4O2/c1-14-9-17(12-21(2,3)11-14)27-13-16-10-18(26)25-20(22-16)23-19(24-25)15-7-5-4-6-8-15/h4-8,10,14,17H,9,11-13H2,1-3H3,(H,22,23,24)/t14-,17-/m1/s1. The first-order valence-corrected chi connectivity index (χ1v) is 9.55. The SMILES string of the molecule is C[C@@H]1C[C@@H](OCc2cc(=O)n3[nH]c(-c4ccccc4)nc3n2)CC(C)(C)C1. The van der Waals surface area contributed by atoms with E-state index in [1.807, 2.05) is 30.3 Å². The minimum absolute atomic E-state index is 0.175. The second kappa shape index (κ2) is 6.93. The number of rotatable bonds is 4. The van der Waals surface area contributed by atoms with E-state index in [0.29, 0.717) is 35.2 Å². The van der Waals surface area contributed by atoms with Crippen LogP contribution in [-0.2, 0) is 11.3 Å². The van der Waals surface area contributed by atoms with Gasteiger partial charge in [0, 0.05) is 11.6 Å². The lowest BCUT2D eigenvalue weighted by atomic mass is 9.71. The van der Waals surface area contributed by atoms with Gasteiger partial charge in [0.2, 0.25) is 0 Å². The second-order valence-electron chi connectivity index (χ2n) is 8.51. The highest BCUT2D eigenvalue weighted by Gasteiger charge is 2.32. The van der Waals surface area contributed by atoms with Gasteiger partial charge in [-0.3, -0.25) is 9.89 Å². The molecule has 1 fully saturated rings. The third-order valence-electron chi connectivity index (χ3n) is 5.24. The molecular formula is C21H26N4O2. The number of H-pyrrole nitrogens is 1. The van der Waals surface area contributed by atoms with Gasteiger partial charge in [-0.15, -0.1) is 0 Å². The monoisotopic (exact) mass is 366 g/mol. The summed E-state index contributed by atoms with van der Waals surface area (Å²) in [5.41, 5.74) is 1.66. The van der Waals surface area contributed by atoms with E-state index in [0.717, 1.165) is 18.4 Å². The normalized spacial score (nSPS) is 22.2. The third-order valence-corrected chi connectivity index (χ3v) is 5.24. The summed E-state index contributed by atoms with van der Waals surface area (Å²) in [6.45, 7) is 7.21. The number of aromatic nitrogens is 4. The number of nitrogens with zero attached hydrogens (tertiary/aromatic N) is 3. The first-order chi connectivity index (χ1) is 12.9. The zero-order valence-electron chi connectivity index (χ0n) is 16.1. The van der Waals surface area contributed by atoms with Gasteiger partial charge >= 0.3 is 0 Å². The molecule has 0 radical (unpaired) electrons. The van der Waals surface area contributed by atoms with E-state index in [9.17, 15) is 4.79 Å². The summed E-state index contributed by atoms with van der Waals surface area (Å²) in [5.74, 6) is 1.65. The number of fused-ring (bicyclic) bond motifs is 1. The molecule has 0 unspecified atom stereocenters. The average Bonchev–Trinajstić information content (AvgIpc) is 3.04. The van der Waals surface area contributed by atoms with Crippen LogP contribution in [0.1, 0.15) is 45.7 Å². The minimum Gasteiger partial charge on any atom is -0.372 e. The molecule has 1 aromatic carbocycles. The first kappa shape index (κ1) is 17.9. The predicted octanol–water partition coefficient (Wildman–Crippen LogP) is 3.82. The second-order valence-corrected chi connectivity index (χ2v) is 8.51. The summed E-state index contributed by atoms with van der Waals surface area (Å²) < 4.78 is 7.49. The molecule has 2 atom stereocenters. The predicted molar refractivity (Wildman–Crippen MR) is 104 cm³/mol. The summed E-state index contributed by atoms with van der Waals surface area (Å²) in [6, 6.07) is 11.2. The fourth-order valence-corrected chi connectivity index (χ4v) is 4.32. The van der Waals surface area contributed by atoms with Crippen molar-refractivity contribution in [2.45, 2.75) is 52.7 Å². The molecule has 0 aliphatic heterocycles. The van der Waals surface area contributed by atoms with Crippen LogP contribution in [0.25, 0.3) is 17.2 Å². The van der Waals surface area contributed by atoms with Crippen LogP contribution in [0.3, 0.4) is 0 Å². The maximum Gasteiger partial charge on any atom is 0.274 e. The van der Waals surface area contributed by atoms with E-state index in [1.54, 1.807) is 0 Å². The lowest BCUT2D eigenvalue weighted by molar-refractivity contribution is -0.0327. The van der Waals surface area contributed by atoms with E-state index < -0.39 is 0 Å². The summed E-state index contributed by atoms with van der Waals surface area (Å²) in [5, 5.41) is 3.02. The van der Waals surface area contributed by atoms with Crippen LogP contribution in [0.15, 0.2) is 41.2 Å². The number of nitrogens with one attached hydrogen (secondary N) is 1. The fourth-order valence-electron chi connectivity index (χ4n) is 4.32. The first-order valence-electron chi connectivity index (χ1n) is 9.55. The number of aromatic amines is 1. The van der Waals surface area contributed by atoms with Crippen molar-refractivity contribution in [2.75, 3.05) is 0 Å². The number of hydrogen-bond donors (Lipinski definition) is 1. The maximum absolute atomic E-state index is 12.4. The molecule has 0 spiro atoms. The molecule has 2 aromatic heterocycles. The van der Waals surface area contributed by atoms with Crippen molar-refractivity contribution in [1.82, 2.24) is 19.6 Å². The fraction of sp³-hybridized carbons (Fsp3) is 0.476. The molecule has 1 saturated carbocycles. The van der Waals surface area contributed by atoms with Crippen LogP contribution in [-0.4, -0.2) is 25.7 Å². The Morgan fingerprint density at radius 1 is 1.22 bits per heavy atom. The van der Waals surface area contributed by atoms with Crippen molar-refractivity contribution in [3.05, 3.63) is 52.4 Å². The Hall–Kier alpha value is -2.47. The molecule has 1 N–H and O–H groups in total. The van der Waals surface area contributed by atoms with Crippen LogP contribution < -0.4 is 5.56 Å². The van der Waals surface area contributed by atoms with Gasteiger partial charge in [-0.25, -0.2) is 4.98 Å². The molecule has 1 aliphatic carbocycles. The molecule has 3 aromatic rings. The van der Waals surface area contributed by atoms with Gasteiger partial charge in [0.1, 0.15) is 0 Å². The van der Waals surface area contributed by atoms with E-state index >= 15 is 0 Å². The molecule has 0 bridgehead atoms. The van der Waals surface area contributed by atoms with Crippen LogP contribution in [0.5, 0.6) is 0 Å². The lowest BCUT2D eigenvalue weighted by Gasteiger charge is -2.38. The highest BCUT2D eigenvalue weighted by atomic mass is 16.5. The van der Waals surface area contributed by atoms with Gasteiger partial charge in [0.15, 0.2) is 5.82 Å². The van der Waals surface area contributed by atoms with Gasteiger partial charge in [-0.05, 0) is 30.6 Å². The highest BCUT2D eigenvalue weighted by Crippen LogP contribution is 2.39. The van der Waals surface area contributed by atoms with Crippen LogP contribution in [0.4, 0.5) is 0 Å². The van der Waals surface area contributed by atoms with Crippen molar-refractivity contribution in [1.29, 1.82) is 0 Å². The third kappa shape index (κ3) is 3.95. The Bertz CT molecular complexity index is 990. The lowest BCUT2D eigenvalue weighted by Crippen LogP contribution is -2.32. The Balaban J connectivity index is 1.54. The molecule has 2 heterocycles. The van der Waals surface area contributed by atoms with Crippen molar-refractivity contribution in [3.63, 3.8) is 0 Å². The summed E-state index contributed by atoms with van der Waals surface area (Å²) >= 11 is 0. The molecule has 27 heavy (non-hydrogen) atoms. The van der Waals surface area contributed by atoms with Gasteiger partial charge in [0.25, 0.3) is 11.3 Å². The van der Waals surface area contributed by atoms with E-state index in [4.69, 9.17) is 4.74 Å². The summed E-state index contributed by atoms with van der Waals surface area (Å²) in [4.78, 5) is 21.4. The molecule has 1 aliphatic rings. The van der Waals surface area contributed by atoms with Gasteiger partial charge in [-0.1, -0.05) is 51.1 Å². The van der Waals surface area contributed by atoms with E-state index in [1.165, 1.54) is 17.0 Å². The summed E-state index contributed by atoms with van der Waals surface area (Å²) in [6.07, 6.45) is 3.54. The van der Waals surface area contributed by atoms with Crippen molar-refractivity contribution < 1.29 is 4.74 Å². The minimum atomic E-state index is -0.175. The smallest absolute Gasteiger partial charge is 0.274 e. The van der Waals surface area contributed by atoms with Gasteiger partial charge < -0.3 is 4.74 Å². The Morgan fingerprint density at radius 2 is 2.00 bits per heavy atom. The Kier molecular flexibility index (Phi) is 4.60. The zero-order chi connectivity index (χ0) is 19.0. The number of hydrogen-bond acceptors (Lipinski definition) is 4. The Morgan fingerprint density at radius 3 is 2.74 bits per heavy atom. The maximum atomic E-state index is 12.4. The molecule has 6 heteroatoms. The largest absolute Gasteiger partial charge is 0.372 e.